The fourth-order valence-electron chi connectivity index (χ4n) is 3.99. The third-order valence-corrected chi connectivity index (χ3v) is 7.93. The van der Waals surface area contributed by atoms with E-state index in [9.17, 15) is 8.42 Å². The van der Waals surface area contributed by atoms with Gasteiger partial charge in [0.2, 0.25) is 10.0 Å². The summed E-state index contributed by atoms with van der Waals surface area (Å²) in [4.78, 5) is 2.71. The van der Waals surface area contributed by atoms with Crippen molar-refractivity contribution in [2.75, 3.05) is 38.2 Å². The van der Waals surface area contributed by atoms with Gasteiger partial charge in [-0.05, 0) is 74.6 Å². The number of methoxy groups -OCH3 is 1. The van der Waals surface area contributed by atoms with Crippen LogP contribution in [0.3, 0.4) is 0 Å². The van der Waals surface area contributed by atoms with Crippen LogP contribution in [-0.4, -0.2) is 46.0 Å². The molecule has 3 rings (SSSR count). The molecule has 1 aliphatic rings. The molecule has 6 heteroatoms. The van der Waals surface area contributed by atoms with Crippen LogP contribution in [0.15, 0.2) is 29.2 Å². The molecule has 0 atom stereocenters. The Morgan fingerprint density at radius 3 is 2.11 bits per heavy atom. The van der Waals surface area contributed by atoms with Crippen molar-refractivity contribution in [1.29, 1.82) is 0 Å². The van der Waals surface area contributed by atoms with Crippen molar-refractivity contribution in [3.63, 3.8) is 0 Å². The van der Waals surface area contributed by atoms with E-state index < -0.39 is 10.0 Å². The molecule has 0 bridgehead atoms. The van der Waals surface area contributed by atoms with Crippen molar-refractivity contribution in [1.82, 2.24) is 4.31 Å². The second-order valence-electron chi connectivity index (χ2n) is 7.66. The minimum absolute atomic E-state index is 0.422. The lowest BCUT2D eigenvalue weighted by atomic mass is 10.1. The average Bonchev–Trinajstić information content (AvgIpc) is 2.66. The lowest BCUT2D eigenvalue weighted by Gasteiger charge is -2.36. The van der Waals surface area contributed by atoms with Gasteiger partial charge in [0.15, 0.2) is 0 Å². The summed E-state index contributed by atoms with van der Waals surface area (Å²) in [6.45, 7) is 12.2. The molecule has 152 valence electrons. The predicted molar refractivity (Wildman–Crippen MR) is 114 cm³/mol. The van der Waals surface area contributed by atoms with Crippen LogP contribution in [0.5, 0.6) is 5.75 Å². The molecule has 5 nitrogen and oxygen atoms in total. The standard InChI is InChI=1S/C22H30N2O3S/c1-15-7-8-16(2)20(13-15)23-9-11-24(12-10-23)28(25,26)22-17(3)14-21(27-6)18(4)19(22)5/h7-8,13-14H,9-12H2,1-6H3. The molecule has 0 N–H and O–H groups in total. The molecule has 0 saturated carbocycles. The molecule has 0 aliphatic carbocycles. The van der Waals surface area contributed by atoms with E-state index in [2.05, 4.69) is 36.9 Å². The third-order valence-electron chi connectivity index (χ3n) is 5.74. The van der Waals surface area contributed by atoms with E-state index in [1.165, 1.54) is 16.8 Å². The topological polar surface area (TPSA) is 49.9 Å². The monoisotopic (exact) mass is 402 g/mol. The Kier molecular flexibility index (Phi) is 5.73. The summed E-state index contributed by atoms with van der Waals surface area (Å²) in [6.07, 6.45) is 0. The zero-order valence-corrected chi connectivity index (χ0v) is 18.5. The Morgan fingerprint density at radius 1 is 0.857 bits per heavy atom. The average molecular weight is 403 g/mol. The van der Waals surface area contributed by atoms with Crippen LogP contribution in [-0.2, 0) is 10.0 Å². The van der Waals surface area contributed by atoms with Crippen LogP contribution in [0.1, 0.15) is 27.8 Å². The van der Waals surface area contributed by atoms with Crippen molar-refractivity contribution >= 4 is 15.7 Å². The zero-order valence-electron chi connectivity index (χ0n) is 17.7. The van der Waals surface area contributed by atoms with Gasteiger partial charge in [0, 0.05) is 31.9 Å². The minimum atomic E-state index is -3.54. The number of anilines is 1. The Hall–Kier alpha value is -2.05. The van der Waals surface area contributed by atoms with E-state index in [1.807, 2.05) is 26.8 Å². The molecule has 2 aromatic carbocycles. The molecule has 0 aromatic heterocycles. The highest BCUT2D eigenvalue weighted by Gasteiger charge is 2.32. The van der Waals surface area contributed by atoms with Gasteiger partial charge in [0.25, 0.3) is 0 Å². The van der Waals surface area contributed by atoms with Crippen LogP contribution >= 0.6 is 0 Å². The first-order valence-electron chi connectivity index (χ1n) is 9.64. The zero-order chi connectivity index (χ0) is 20.6. The van der Waals surface area contributed by atoms with Crippen molar-refractivity contribution < 1.29 is 13.2 Å². The maximum atomic E-state index is 13.4. The van der Waals surface area contributed by atoms with E-state index in [4.69, 9.17) is 4.74 Å². The van der Waals surface area contributed by atoms with Gasteiger partial charge in [-0.25, -0.2) is 8.42 Å². The van der Waals surface area contributed by atoms with Crippen molar-refractivity contribution in [2.45, 2.75) is 39.5 Å². The Bertz CT molecular complexity index is 991. The molecule has 1 saturated heterocycles. The fraction of sp³-hybridized carbons (Fsp3) is 0.455. The highest BCUT2D eigenvalue weighted by atomic mass is 32.2. The maximum Gasteiger partial charge on any atom is 0.243 e. The number of sulfonamides is 1. The second kappa shape index (κ2) is 7.76. The molecular weight excluding hydrogens is 372 g/mol. The SMILES string of the molecule is COc1cc(C)c(S(=O)(=O)N2CCN(c3cc(C)ccc3C)CC2)c(C)c1C. The molecule has 2 aromatic rings. The van der Waals surface area contributed by atoms with Gasteiger partial charge < -0.3 is 9.64 Å². The van der Waals surface area contributed by atoms with Crippen LogP contribution in [0.25, 0.3) is 0 Å². The molecule has 28 heavy (non-hydrogen) atoms. The smallest absolute Gasteiger partial charge is 0.243 e. The predicted octanol–water partition coefficient (Wildman–Crippen LogP) is 3.75. The van der Waals surface area contributed by atoms with E-state index in [0.717, 1.165) is 22.4 Å². The Morgan fingerprint density at radius 2 is 1.50 bits per heavy atom. The second-order valence-corrected chi connectivity index (χ2v) is 9.53. The van der Waals surface area contributed by atoms with E-state index in [1.54, 1.807) is 11.4 Å². The summed E-state index contributed by atoms with van der Waals surface area (Å²) in [5.41, 5.74) is 6.02. The van der Waals surface area contributed by atoms with Gasteiger partial charge in [-0.2, -0.15) is 4.31 Å². The van der Waals surface area contributed by atoms with Crippen molar-refractivity contribution in [2.24, 2.45) is 0 Å². The Labute approximate surface area is 169 Å². The molecule has 0 spiro atoms. The lowest BCUT2D eigenvalue weighted by Crippen LogP contribution is -2.49. The Balaban J connectivity index is 1.86. The van der Waals surface area contributed by atoms with E-state index in [-0.39, 0.29) is 0 Å². The maximum absolute atomic E-state index is 13.4. The summed E-state index contributed by atoms with van der Waals surface area (Å²) in [7, 11) is -1.93. The summed E-state index contributed by atoms with van der Waals surface area (Å²) in [5.74, 6) is 0.730. The number of nitrogens with zero attached hydrogens (tertiary/aromatic N) is 2. The largest absolute Gasteiger partial charge is 0.496 e. The number of benzene rings is 2. The molecule has 1 aliphatic heterocycles. The van der Waals surface area contributed by atoms with Gasteiger partial charge in [0.1, 0.15) is 5.75 Å². The van der Waals surface area contributed by atoms with Gasteiger partial charge >= 0.3 is 0 Å². The van der Waals surface area contributed by atoms with Gasteiger partial charge in [-0.15, -0.1) is 0 Å². The van der Waals surface area contributed by atoms with Crippen LogP contribution in [0, 0.1) is 34.6 Å². The number of ether oxygens (including phenoxy) is 1. The van der Waals surface area contributed by atoms with Crippen molar-refractivity contribution in [3.8, 4) is 5.75 Å². The summed E-state index contributed by atoms with van der Waals surface area (Å²) >= 11 is 0. The number of hydrogen-bond donors (Lipinski definition) is 0. The van der Waals surface area contributed by atoms with Crippen LogP contribution < -0.4 is 9.64 Å². The highest BCUT2D eigenvalue weighted by molar-refractivity contribution is 7.89. The van der Waals surface area contributed by atoms with Crippen LogP contribution in [0.2, 0.25) is 0 Å². The number of piperazine rings is 1. The van der Waals surface area contributed by atoms with Crippen LogP contribution in [0.4, 0.5) is 5.69 Å². The summed E-state index contributed by atoms with van der Waals surface area (Å²) in [5, 5.41) is 0. The fourth-order valence-corrected chi connectivity index (χ4v) is 5.90. The summed E-state index contributed by atoms with van der Waals surface area (Å²) in [6, 6.07) is 8.24. The van der Waals surface area contributed by atoms with Gasteiger partial charge in [-0.1, -0.05) is 12.1 Å². The van der Waals surface area contributed by atoms with Crippen molar-refractivity contribution in [3.05, 3.63) is 52.1 Å². The number of rotatable bonds is 4. The number of aryl methyl sites for hydroxylation is 3. The highest BCUT2D eigenvalue weighted by Crippen LogP contribution is 2.33. The molecule has 0 radical (unpaired) electrons. The first-order valence-corrected chi connectivity index (χ1v) is 11.1. The molecular formula is C22H30N2O3S. The van der Waals surface area contributed by atoms with Gasteiger partial charge in [0.05, 0.1) is 12.0 Å². The normalized spacial score (nSPS) is 15.7. The van der Waals surface area contributed by atoms with Gasteiger partial charge in [-0.3, -0.25) is 0 Å². The quantitative estimate of drug-likeness (QED) is 0.782. The van der Waals surface area contributed by atoms with E-state index in [0.29, 0.717) is 31.1 Å². The number of hydrogen-bond acceptors (Lipinski definition) is 4. The first kappa shape index (κ1) is 20.7. The molecule has 1 fully saturated rings. The minimum Gasteiger partial charge on any atom is -0.496 e. The molecule has 1 heterocycles. The first-order chi connectivity index (χ1) is 13.2. The lowest BCUT2D eigenvalue weighted by molar-refractivity contribution is 0.383. The summed E-state index contributed by atoms with van der Waals surface area (Å²) < 4.78 is 33.8. The molecule has 0 unspecified atom stereocenters. The molecule has 0 amide bonds. The third kappa shape index (κ3) is 3.63. The van der Waals surface area contributed by atoms with E-state index >= 15 is 0 Å².